The largest absolute Gasteiger partial charge is 0.455 e. The number of hydrogen-bond donors (Lipinski definition) is 2. The normalized spacial score (nSPS) is 20.0. The molecular weight excluding hydrogens is 532 g/mol. The molecule has 9 nitrogen and oxygen atoms in total. The molecule has 4 heterocycles. The third kappa shape index (κ3) is 4.93. The van der Waals surface area contributed by atoms with Gasteiger partial charge in [0.05, 0.1) is 48.6 Å². The van der Waals surface area contributed by atoms with Crippen molar-refractivity contribution in [1.82, 2.24) is 9.88 Å². The number of nitrogens with zero attached hydrogens (tertiary/aromatic N) is 2. The number of ether oxygens (including phenoxy) is 2. The summed E-state index contributed by atoms with van der Waals surface area (Å²) < 4.78 is 17.8. The minimum absolute atomic E-state index is 0.0384. The van der Waals surface area contributed by atoms with Crippen molar-refractivity contribution in [2.24, 2.45) is 0 Å². The van der Waals surface area contributed by atoms with E-state index >= 15 is 0 Å². The zero-order valence-electron chi connectivity index (χ0n) is 23.8. The summed E-state index contributed by atoms with van der Waals surface area (Å²) >= 11 is 0. The van der Waals surface area contributed by atoms with Crippen molar-refractivity contribution in [3.63, 3.8) is 0 Å². The molecule has 1 amide bonds. The highest BCUT2D eigenvalue weighted by molar-refractivity contribution is 6.18. The first-order chi connectivity index (χ1) is 20.4. The molecule has 0 unspecified atom stereocenters. The van der Waals surface area contributed by atoms with Crippen LogP contribution in [0.1, 0.15) is 13.8 Å². The Bertz CT molecular complexity index is 1840. The summed E-state index contributed by atoms with van der Waals surface area (Å²) in [7, 11) is 0. The topological polar surface area (TPSA) is 100 Å². The van der Waals surface area contributed by atoms with E-state index in [9.17, 15) is 9.59 Å². The van der Waals surface area contributed by atoms with E-state index in [4.69, 9.17) is 13.9 Å². The van der Waals surface area contributed by atoms with Crippen LogP contribution in [0.15, 0.2) is 69.9 Å². The van der Waals surface area contributed by atoms with Gasteiger partial charge < -0.3 is 29.1 Å². The summed E-state index contributed by atoms with van der Waals surface area (Å²) in [5, 5.41) is 5.53. The lowest BCUT2D eigenvalue weighted by Crippen LogP contribution is -2.48. The Balaban J connectivity index is 1.32. The first-order valence-corrected chi connectivity index (χ1v) is 14.6. The second-order valence-electron chi connectivity index (χ2n) is 11.3. The van der Waals surface area contributed by atoms with E-state index in [2.05, 4.69) is 20.1 Å². The van der Waals surface area contributed by atoms with Crippen LogP contribution in [0.25, 0.3) is 44.0 Å². The minimum atomic E-state index is -0.0831. The first-order valence-electron chi connectivity index (χ1n) is 14.6. The van der Waals surface area contributed by atoms with Gasteiger partial charge in [-0.05, 0) is 38.1 Å². The van der Waals surface area contributed by atoms with Crippen molar-refractivity contribution in [2.75, 3.05) is 56.2 Å². The van der Waals surface area contributed by atoms with E-state index in [1.165, 1.54) is 0 Å². The number of aromatic amines is 1. The highest BCUT2D eigenvalue weighted by Gasteiger charge is 2.25. The summed E-state index contributed by atoms with van der Waals surface area (Å²) in [6, 6.07) is 19.2. The van der Waals surface area contributed by atoms with Crippen molar-refractivity contribution in [2.45, 2.75) is 26.1 Å². The van der Waals surface area contributed by atoms with Gasteiger partial charge in [-0.1, -0.05) is 30.3 Å². The maximum atomic E-state index is 13.3. The van der Waals surface area contributed by atoms with Gasteiger partial charge in [0.1, 0.15) is 17.0 Å². The van der Waals surface area contributed by atoms with Gasteiger partial charge in [0.15, 0.2) is 5.43 Å². The highest BCUT2D eigenvalue weighted by Crippen LogP contribution is 2.41. The van der Waals surface area contributed by atoms with E-state index in [-0.39, 0.29) is 30.1 Å². The number of nitrogens with one attached hydrogen (secondary N) is 2. The number of para-hydroxylation sites is 2. The molecule has 2 N–H and O–H groups in total. The number of hydrogen-bond acceptors (Lipinski definition) is 7. The van der Waals surface area contributed by atoms with Gasteiger partial charge >= 0.3 is 0 Å². The Morgan fingerprint density at radius 1 is 0.952 bits per heavy atom. The molecule has 2 fully saturated rings. The van der Waals surface area contributed by atoms with E-state index in [1.54, 1.807) is 6.07 Å². The van der Waals surface area contributed by atoms with Gasteiger partial charge in [0.2, 0.25) is 5.91 Å². The van der Waals surface area contributed by atoms with Gasteiger partial charge in [-0.2, -0.15) is 0 Å². The van der Waals surface area contributed by atoms with E-state index in [0.717, 1.165) is 38.8 Å². The van der Waals surface area contributed by atoms with Crippen LogP contribution in [0.5, 0.6) is 0 Å². The molecule has 42 heavy (non-hydrogen) atoms. The molecule has 0 bridgehead atoms. The van der Waals surface area contributed by atoms with E-state index in [1.807, 2.05) is 68.4 Å². The molecule has 0 saturated carbocycles. The van der Waals surface area contributed by atoms with Gasteiger partial charge in [-0.15, -0.1) is 0 Å². The lowest BCUT2D eigenvalue weighted by atomic mass is 9.98. The smallest absolute Gasteiger partial charge is 0.238 e. The zero-order valence-corrected chi connectivity index (χ0v) is 23.8. The average molecular weight is 567 g/mol. The standard InChI is InChI=1S/C33H34N4O5/c1-20-17-36(18-21(2)41-20)19-30(39)34-26-11-10-23(33-31(26)25-6-3-4-9-28(25)42-33)22-7-5-8-24-27(38)16-29(35-32(22)24)37-12-14-40-15-13-37/h3-11,16,20-21H,12-15,17-19H2,1-2H3,(H,34,39)(H,35,38)/t20-,21+. The fourth-order valence-corrected chi connectivity index (χ4v) is 6.41. The Labute approximate surface area is 243 Å². The fraction of sp³-hybridized carbons (Fsp3) is 0.333. The lowest BCUT2D eigenvalue weighted by molar-refractivity contribution is -0.121. The zero-order chi connectivity index (χ0) is 28.8. The maximum Gasteiger partial charge on any atom is 0.238 e. The highest BCUT2D eigenvalue weighted by atomic mass is 16.5. The summed E-state index contributed by atoms with van der Waals surface area (Å²) in [5.41, 5.74) is 4.50. The van der Waals surface area contributed by atoms with Crippen molar-refractivity contribution in [3.05, 3.63) is 70.9 Å². The number of benzene rings is 3. The SMILES string of the molecule is C[C@@H]1CN(CC(=O)Nc2ccc(-c3cccc4c(=O)cc(N5CCOCC5)[nH]c34)c3oc4ccccc4c23)C[C@H](C)O1. The van der Waals surface area contributed by atoms with E-state index in [0.29, 0.717) is 56.0 Å². The molecule has 5 aromatic rings. The van der Waals surface area contributed by atoms with Crippen LogP contribution >= 0.6 is 0 Å². The van der Waals surface area contributed by atoms with Crippen LogP contribution in [0.3, 0.4) is 0 Å². The Morgan fingerprint density at radius 2 is 1.71 bits per heavy atom. The Hall–Kier alpha value is -4.18. The first kappa shape index (κ1) is 26.7. The van der Waals surface area contributed by atoms with E-state index < -0.39 is 0 Å². The molecule has 2 saturated heterocycles. The predicted molar refractivity (Wildman–Crippen MR) is 165 cm³/mol. The molecule has 7 rings (SSSR count). The number of morpholine rings is 2. The molecule has 3 aromatic carbocycles. The summed E-state index contributed by atoms with van der Waals surface area (Å²) in [6.45, 7) is 8.46. The van der Waals surface area contributed by atoms with Crippen LogP contribution in [0.4, 0.5) is 11.5 Å². The van der Waals surface area contributed by atoms with Crippen molar-refractivity contribution in [3.8, 4) is 11.1 Å². The number of aromatic nitrogens is 1. The molecule has 2 atom stereocenters. The molecule has 216 valence electrons. The van der Waals surface area contributed by atoms with Crippen LogP contribution in [0.2, 0.25) is 0 Å². The van der Waals surface area contributed by atoms with Gasteiger partial charge in [-0.3, -0.25) is 14.5 Å². The van der Waals surface area contributed by atoms with Crippen LogP contribution in [-0.2, 0) is 14.3 Å². The Kier molecular flexibility index (Phi) is 6.93. The number of carbonyl (C=O) groups excluding carboxylic acids is 1. The van der Waals surface area contributed by atoms with Gasteiger partial charge in [-0.25, -0.2) is 0 Å². The van der Waals surface area contributed by atoms with Crippen molar-refractivity contribution >= 4 is 50.3 Å². The fourth-order valence-electron chi connectivity index (χ4n) is 6.41. The number of rotatable bonds is 5. The number of H-pyrrole nitrogens is 1. The second-order valence-corrected chi connectivity index (χ2v) is 11.3. The number of furan rings is 1. The summed E-state index contributed by atoms with van der Waals surface area (Å²) in [4.78, 5) is 34.3. The number of fused-ring (bicyclic) bond motifs is 4. The molecule has 2 aromatic heterocycles. The third-order valence-corrected chi connectivity index (χ3v) is 8.16. The van der Waals surface area contributed by atoms with Gasteiger partial charge in [0.25, 0.3) is 0 Å². The third-order valence-electron chi connectivity index (χ3n) is 8.16. The molecule has 9 heteroatoms. The van der Waals surface area contributed by atoms with Crippen LogP contribution in [-0.4, -0.2) is 73.9 Å². The number of anilines is 2. The van der Waals surface area contributed by atoms with Crippen LogP contribution in [0, 0.1) is 0 Å². The van der Waals surface area contributed by atoms with Crippen LogP contribution < -0.4 is 15.6 Å². The quantitative estimate of drug-likeness (QED) is 0.310. The minimum Gasteiger partial charge on any atom is -0.455 e. The summed E-state index contributed by atoms with van der Waals surface area (Å²) in [6.07, 6.45) is 0.169. The van der Waals surface area contributed by atoms with Gasteiger partial charge in [0, 0.05) is 54.1 Å². The molecule has 2 aliphatic heterocycles. The van der Waals surface area contributed by atoms with Crippen molar-refractivity contribution in [1.29, 1.82) is 0 Å². The monoisotopic (exact) mass is 566 g/mol. The lowest BCUT2D eigenvalue weighted by Gasteiger charge is -2.34. The number of carbonyl (C=O) groups is 1. The van der Waals surface area contributed by atoms with Crippen molar-refractivity contribution < 1.29 is 18.7 Å². The second kappa shape index (κ2) is 10.9. The maximum absolute atomic E-state index is 13.3. The molecule has 0 spiro atoms. The molecular formula is C33H34N4O5. The molecule has 2 aliphatic rings. The average Bonchev–Trinajstić information content (AvgIpc) is 3.37. The number of pyridine rings is 1. The Morgan fingerprint density at radius 3 is 2.52 bits per heavy atom. The summed E-state index contributed by atoms with van der Waals surface area (Å²) in [5.74, 6) is 0.694. The predicted octanol–water partition coefficient (Wildman–Crippen LogP) is 4.98. The number of amides is 1. The molecule has 0 radical (unpaired) electrons. The molecule has 0 aliphatic carbocycles.